The number of nitrogens with zero attached hydrogens (tertiary/aromatic N) is 4. The second kappa shape index (κ2) is 6.36. The van der Waals surface area contributed by atoms with Gasteiger partial charge >= 0.3 is 0 Å². The van der Waals surface area contributed by atoms with E-state index in [1.54, 1.807) is 17.2 Å². The number of nitrogens with two attached hydrogens (primary N) is 1. The first-order valence-electron chi connectivity index (χ1n) is 4.68. The Hall–Kier alpha value is -2.15. The zero-order valence-corrected chi connectivity index (χ0v) is 8.72. The molecule has 0 unspecified atom stereocenters. The highest BCUT2D eigenvalue weighted by molar-refractivity contribution is 5.33. The molecule has 3 N–H and O–H groups in total. The van der Waals surface area contributed by atoms with E-state index < -0.39 is 0 Å². The number of aromatic nitrogens is 1. The Kier molecular flexibility index (Phi) is 4.74. The van der Waals surface area contributed by atoms with Crippen LogP contribution in [0, 0.1) is 22.7 Å². The summed E-state index contributed by atoms with van der Waals surface area (Å²) in [6.07, 6.45) is 1.66. The molecule has 1 aromatic heterocycles. The molecule has 6 heteroatoms. The lowest BCUT2D eigenvalue weighted by Gasteiger charge is -2.14. The molecule has 16 heavy (non-hydrogen) atoms. The molecule has 0 aliphatic carbocycles. The summed E-state index contributed by atoms with van der Waals surface area (Å²) in [5.41, 5.74) is 3.36. The molecule has 0 fully saturated rings. The van der Waals surface area contributed by atoms with Gasteiger partial charge in [-0.1, -0.05) is 6.07 Å². The molecule has 0 aliphatic rings. The van der Waals surface area contributed by atoms with E-state index in [0.717, 1.165) is 5.56 Å². The number of hydrogen-bond donors (Lipinski definition) is 2. The number of rotatable bonds is 5. The third-order valence-corrected chi connectivity index (χ3v) is 1.97. The summed E-state index contributed by atoms with van der Waals surface area (Å²) in [6.45, 7) is 0.980. The first-order chi connectivity index (χ1) is 7.80. The van der Waals surface area contributed by atoms with Crippen LogP contribution in [-0.2, 0) is 6.54 Å². The topological polar surface area (TPSA) is 102 Å². The smallest absolute Gasteiger partial charge is 0.139 e. The minimum absolute atomic E-state index is 0.227. The van der Waals surface area contributed by atoms with Gasteiger partial charge in [-0.2, -0.15) is 10.5 Å². The van der Waals surface area contributed by atoms with Gasteiger partial charge in [0.2, 0.25) is 0 Å². The van der Waals surface area contributed by atoms with Crippen LogP contribution in [0.15, 0.2) is 18.3 Å². The van der Waals surface area contributed by atoms with Gasteiger partial charge < -0.3 is 5.43 Å². The van der Waals surface area contributed by atoms with Crippen molar-refractivity contribution in [2.45, 2.75) is 6.54 Å². The average molecular weight is 216 g/mol. The number of nitriles is 2. The van der Waals surface area contributed by atoms with Gasteiger partial charge in [0.15, 0.2) is 0 Å². The molecule has 1 aromatic rings. The fourth-order valence-corrected chi connectivity index (χ4v) is 1.23. The highest BCUT2D eigenvalue weighted by Gasteiger charge is 2.04. The van der Waals surface area contributed by atoms with Crippen molar-refractivity contribution in [2.24, 2.45) is 5.84 Å². The number of anilines is 1. The third kappa shape index (κ3) is 3.54. The maximum atomic E-state index is 8.58. The van der Waals surface area contributed by atoms with Crippen molar-refractivity contribution >= 4 is 5.82 Å². The van der Waals surface area contributed by atoms with Gasteiger partial charge in [-0.3, -0.25) is 4.90 Å². The second-order valence-corrected chi connectivity index (χ2v) is 3.16. The maximum absolute atomic E-state index is 8.58. The minimum Gasteiger partial charge on any atom is -0.308 e. The Labute approximate surface area is 93.9 Å². The molecule has 1 heterocycles. The Morgan fingerprint density at radius 2 is 2.00 bits per heavy atom. The van der Waals surface area contributed by atoms with Gasteiger partial charge in [-0.15, -0.1) is 0 Å². The highest BCUT2D eigenvalue weighted by atomic mass is 15.2. The van der Waals surface area contributed by atoms with Crippen molar-refractivity contribution in [1.82, 2.24) is 9.88 Å². The van der Waals surface area contributed by atoms with Crippen LogP contribution >= 0.6 is 0 Å². The average Bonchev–Trinajstić information content (AvgIpc) is 2.31. The van der Waals surface area contributed by atoms with E-state index in [1.165, 1.54) is 0 Å². The Morgan fingerprint density at radius 1 is 1.31 bits per heavy atom. The van der Waals surface area contributed by atoms with Crippen molar-refractivity contribution in [3.63, 3.8) is 0 Å². The normalized spacial score (nSPS) is 9.50. The van der Waals surface area contributed by atoms with Crippen LogP contribution in [0.4, 0.5) is 5.82 Å². The van der Waals surface area contributed by atoms with E-state index in [0.29, 0.717) is 12.4 Å². The molecule has 0 atom stereocenters. The van der Waals surface area contributed by atoms with Gasteiger partial charge in [0.1, 0.15) is 5.82 Å². The maximum Gasteiger partial charge on any atom is 0.139 e. The lowest BCUT2D eigenvalue weighted by Crippen LogP contribution is -2.24. The van der Waals surface area contributed by atoms with Crippen molar-refractivity contribution in [3.05, 3.63) is 23.9 Å². The van der Waals surface area contributed by atoms with Gasteiger partial charge in [0, 0.05) is 12.7 Å². The zero-order valence-electron chi connectivity index (χ0n) is 8.72. The molecule has 82 valence electrons. The molecule has 1 rings (SSSR count). The van der Waals surface area contributed by atoms with E-state index in [1.807, 2.05) is 18.2 Å². The molecule has 0 radical (unpaired) electrons. The molecule has 0 bridgehead atoms. The molecule has 0 aliphatic heterocycles. The molecular weight excluding hydrogens is 204 g/mol. The van der Waals surface area contributed by atoms with Crippen LogP contribution in [0.2, 0.25) is 0 Å². The minimum atomic E-state index is 0.227. The zero-order chi connectivity index (χ0) is 11.8. The van der Waals surface area contributed by atoms with Crippen LogP contribution in [0.1, 0.15) is 5.56 Å². The number of nitrogens with one attached hydrogen (secondary N) is 1. The van der Waals surface area contributed by atoms with Crippen molar-refractivity contribution < 1.29 is 0 Å². The summed E-state index contributed by atoms with van der Waals surface area (Å²) < 4.78 is 0. The molecule has 0 saturated heterocycles. The Balaban J connectivity index is 2.63. The summed E-state index contributed by atoms with van der Waals surface area (Å²) in [4.78, 5) is 5.77. The first kappa shape index (κ1) is 11.9. The lowest BCUT2D eigenvalue weighted by molar-refractivity contribution is 0.334. The van der Waals surface area contributed by atoms with Crippen LogP contribution in [0.3, 0.4) is 0 Å². The second-order valence-electron chi connectivity index (χ2n) is 3.16. The number of pyridine rings is 1. The van der Waals surface area contributed by atoms with Crippen LogP contribution < -0.4 is 11.3 Å². The summed E-state index contributed by atoms with van der Waals surface area (Å²) in [7, 11) is 0. The van der Waals surface area contributed by atoms with Crippen LogP contribution in [0.5, 0.6) is 0 Å². The SMILES string of the molecule is N#CCN(CC#N)Cc1ccc(NN)nc1. The fourth-order valence-electron chi connectivity index (χ4n) is 1.23. The van der Waals surface area contributed by atoms with E-state index in [4.69, 9.17) is 16.4 Å². The summed E-state index contributed by atoms with van der Waals surface area (Å²) in [6, 6.07) is 7.63. The standard InChI is InChI=1S/C10H12N6/c11-3-5-16(6-4-12)8-9-1-2-10(15-13)14-7-9/h1-2,7H,5-6,8,13H2,(H,14,15). The number of nitrogen functional groups attached to an aromatic ring is 1. The molecule has 6 nitrogen and oxygen atoms in total. The molecule has 0 spiro atoms. The monoisotopic (exact) mass is 216 g/mol. The van der Waals surface area contributed by atoms with Crippen LogP contribution in [0.25, 0.3) is 0 Å². The number of hydrogen-bond acceptors (Lipinski definition) is 6. The van der Waals surface area contributed by atoms with E-state index in [9.17, 15) is 0 Å². The van der Waals surface area contributed by atoms with Crippen molar-refractivity contribution in [1.29, 1.82) is 10.5 Å². The van der Waals surface area contributed by atoms with Gasteiger partial charge in [0.25, 0.3) is 0 Å². The Morgan fingerprint density at radius 3 is 2.44 bits per heavy atom. The van der Waals surface area contributed by atoms with Crippen molar-refractivity contribution in [2.75, 3.05) is 18.5 Å². The predicted molar refractivity (Wildman–Crippen MR) is 58.6 cm³/mol. The van der Waals surface area contributed by atoms with E-state index in [2.05, 4.69) is 10.4 Å². The summed E-state index contributed by atoms with van der Waals surface area (Å²) in [5.74, 6) is 5.77. The van der Waals surface area contributed by atoms with Gasteiger partial charge in [-0.05, 0) is 11.6 Å². The van der Waals surface area contributed by atoms with Gasteiger partial charge in [0.05, 0.1) is 25.2 Å². The largest absolute Gasteiger partial charge is 0.308 e. The van der Waals surface area contributed by atoms with Gasteiger partial charge in [-0.25, -0.2) is 10.8 Å². The quantitative estimate of drug-likeness (QED) is 0.414. The van der Waals surface area contributed by atoms with E-state index >= 15 is 0 Å². The molecular formula is C10H12N6. The molecule has 0 amide bonds. The highest BCUT2D eigenvalue weighted by Crippen LogP contribution is 2.06. The summed E-state index contributed by atoms with van der Waals surface area (Å²) >= 11 is 0. The molecule has 0 aromatic carbocycles. The lowest BCUT2D eigenvalue weighted by atomic mass is 10.2. The Bertz CT molecular complexity index is 383. The number of hydrazine groups is 1. The molecule has 0 saturated carbocycles. The first-order valence-corrected chi connectivity index (χ1v) is 4.68. The predicted octanol–water partition coefficient (Wildman–Crippen LogP) is 0.216. The summed E-state index contributed by atoms with van der Waals surface area (Å²) in [5, 5.41) is 17.2. The van der Waals surface area contributed by atoms with Crippen molar-refractivity contribution in [3.8, 4) is 12.1 Å². The fraction of sp³-hybridized carbons (Fsp3) is 0.300. The third-order valence-electron chi connectivity index (χ3n) is 1.97. The van der Waals surface area contributed by atoms with Crippen LogP contribution in [-0.4, -0.2) is 23.0 Å². The van der Waals surface area contributed by atoms with E-state index in [-0.39, 0.29) is 13.1 Å².